The Morgan fingerprint density at radius 1 is 1.48 bits per heavy atom. The number of carbonyl (C=O) groups excluding carboxylic acids is 1. The highest BCUT2D eigenvalue weighted by molar-refractivity contribution is 7.07. The van der Waals surface area contributed by atoms with Gasteiger partial charge in [0.05, 0.1) is 24.0 Å². The highest BCUT2D eigenvalue weighted by Crippen LogP contribution is 2.20. The summed E-state index contributed by atoms with van der Waals surface area (Å²) in [6.45, 7) is 4.11. The lowest BCUT2D eigenvalue weighted by Crippen LogP contribution is -2.30. The van der Waals surface area contributed by atoms with Crippen LogP contribution >= 0.6 is 11.3 Å². The zero-order valence-corrected chi connectivity index (χ0v) is 14.3. The molecule has 0 fully saturated rings. The van der Waals surface area contributed by atoms with Gasteiger partial charge in [0.15, 0.2) is 0 Å². The van der Waals surface area contributed by atoms with Crippen molar-refractivity contribution in [2.24, 2.45) is 0 Å². The van der Waals surface area contributed by atoms with Gasteiger partial charge < -0.3 is 10.0 Å². The number of rotatable bonds is 5. The minimum atomic E-state index is -0.517. The van der Waals surface area contributed by atoms with Crippen LogP contribution in [0.3, 0.4) is 0 Å². The maximum Gasteiger partial charge on any atom is 0.223 e. The van der Waals surface area contributed by atoms with E-state index >= 15 is 0 Å². The summed E-state index contributed by atoms with van der Waals surface area (Å²) >= 11 is 1.67. The van der Waals surface area contributed by atoms with Crippen LogP contribution in [-0.2, 0) is 24.3 Å². The van der Waals surface area contributed by atoms with Crippen molar-refractivity contribution in [1.29, 1.82) is 0 Å². The topological polar surface area (TPSA) is 58.4 Å². The average Bonchev–Trinajstić information content (AvgIpc) is 3.17. The molecule has 0 aromatic carbocycles. The molecule has 0 aliphatic carbocycles. The Morgan fingerprint density at radius 2 is 2.35 bits per heavy atom. The first-order valence-corrected chi connectivity index (χ1v) is 9.15. The quantitative estimate of drug-likeness (QED) is 0.915. The first kappa shape index (κ1) is 16.2. The van der Waals surface area contributed by atoms with E-state index in [1.807, 2.05) is 28.0 Å². The van der Waals surface area contributed by atoms with Crippen LogP contribution < -0.4 is 0 Å². The number of aliphatic hydroxyl groups is 1. The molecule has 124 valence electrons. The lowest BCUT2D eigenvalue weighted by Gasteiger charge is -2.20. The summed E-state index contributed by atoms with van der Waals surface area (Å²) in [5.41, 5.74) is 2.97. The third kappa shape index (κ3) is 3.82. The van der Waals surface area contributed by atoms with E-state index in [1.165, 1.54) is 5.56 Å². The predicted octanol–water partition coefficient (Wildman–Crippen LogP) is 2.75. The molecular formula is C17H23N3O2S. The number of aryl methyl sites for hydroxylation is 2. The van der Waals surface area contributed by atoms with Crippen LogP contribution in [0.15, 0.2) is 22.9 Å². The van der Waals surface area contributed by atoms with E-state index in [1.54, 1.807) is 11.3 Å². The van der Waals surface area contributed by atoms with Crippen molar-refractivity contribution in [1.82, 2.24) is 14.7 Å². The third-order valence-corrected chi connectivity index (χ3v) is 5.05. The summed E-state index contributed by atoms with van der Waals surface area (Å²) in [5.74, 6) is 0.198. The number of hydrogen-bond donors (Lipinski definition) is 1. The fourth-order valence-corrected chi connectivity index (χ4v) is 3.62. The van der Waals surface area contributed by atoms with E-state index in [-0.39, 0.29) is 5.91 Å². The van der Waals surface area contributed by atoms with Crippen LogP contribution in [0.5, 0.6) is 0 Å². The first-order chi connectivity index (χ1) is 11.2. The van der Waals surface area contributed by atoms with Gasteiger partial charge in [-0.2, -0.15) is 16.4 Å². The van der Waals surface area contributed by atoms with Gasteiger partial charge in [0.25, 0.3) is 0 Å². The van der Waals surface area contributed by atoms with E-state index in [0.29, 0.717) is 19.4 Å². The van der Waals surface area contributed by atoms with Crippen molar-refractivity contribution in [3.05, 3.63) is 39.8 Å². The number of thiophene rings is 1. The van der Waals surface area contributed by atoms with E-state index < -0.39 is 6.10 Å². The van der Waals surface area contributed by atoms with Crippen molar-refractivity contribution in [2.75, 3.05) is 6.54 Å². The van der Waals surface area contributed by atoms with Gasteiger partial charge in [0.1, 0.15) is 0 Å². The van der Waals surface area contributed by atoms with E-state index in [9.17, 15) is 9.90 Å². The number of hydrogen-bond acceptors (Lipinski definition) is 4. The van der Waals surface area contributed by atoms with Crippen molar-refractivity contribution < 1.29 is 9.90 Å². The summed E-state index contributed by atoms with van der Waals surface area (Å²) < 4.78 is 1.94. The molecule has 5 nitrogen and oxygen atoms in total. The molecule has 2 aromatic heterocycles. The molecule has 1 atom stereocenters. The lowest BCUT2D eigenvalue weighted by molar-refractivity contribution is -0.131. The number of amides is 1. The van der Waals surface area contributed by atoms with Gasteiger partial charge in [0.2, 0.25) is 5.91 Å². The average molecular weight is 333 g/mol. The molecule has 2 aromatic rings. The maximum atomic E-state index is 12.5. The van der Waals surface area contributed by atoms with E-state index in [0.717, 1.165) is 37.3 Å². The van der Waals surface area contributed by atoms with Gasteiger partial charge >= 0.3 is 0 Å². The lowest BCUT2D eigenvalue weighted by atomic mass is 10.1. The highest BCUT2D eigenvalue weighted by atomic mass is 32.1. The van der Waals surface area contributed by atoms with Gasteiger partial charge in [-0.25, -0.2) is 0 Å². The molecule has 1 aliphatic rings. The molecule has 0 saturated heterocycles. The zero-order chi connectivity index (χ0) is 16.2. The van der Waals surface area contributed by atoms with Crippen molar-refractivity contribution >= 4 is 17.2 Å². The molecule has 1 aliphatic heterocycles. The van der Waals surface area contributed by atoms with Crippen molar-refractivity contribution in [2.45, 2.75) is 51.8 Å². The largest absolute Gasteiger partial charge is 0.387 e. The van der Waals surface area contributed by atoms with Crippen LogP contribution in [-0.4, -0.2) is 32.2 Å². The second kappa shape index (κ2) is 7.27. The summed E-state index contributed by atoms with van der Waals surface area (Å²) in [4.78, 5) is 14.4. The van der Waals surface area contributed by atoms with Gasteiger partial charge in [-0.1, -0.05) is 6.92 Å². The second-order valence-electron chi connectivity index (χ2n) is 6.01. The van der Waals surface area contributed by atoms with Crippen LogP contribution in [0.1, 0.15) is 49.2 Å². The van der Waals surface area contributed by atoms with Gasteiger partial charge in [-0.05, 0) is 47.7 Å². The number of nitrogens with zero attached hydrogens (tertiary/aromatic N) is 3. The molecule has 0 bridgehead atoms. The Kier molecular flexibility index (Phi) is 5.13. The number of aliphatic hydroxyl groups excluding tert-OH is 1. The Bertz CT molecular complexity index is 651. The van der Waals surface area contributed by atoms with Gasteiger partial charge in [-0.15, -0.1) is 0 Å². The molecule has 1 amide bonds. The van der Waals surface area contributed by atoms with Gasteiger partial charge in [-0.3, -0.25) is 9.48 Å². The zero-order valence-electron chi connectivity index (χ0n) is 13.4. The van der Waals surface area contributed by atoms with Crippen LogP contribution in [0.2, 0.25) is 0 Å². The Balaban J connectivity index is 1.65. The van der Waals surface area contributed by atoms with Crippen LogP contribution in [0.4, 0.5) is 0 Å². The molecule has 3 heterocycles. The number of fused-ring (bicyclic) bond motifs is 1. The summed E-state index contributed by atoms with van der Waals surface area (Å²) in [6.07, 6.45) is 2.39. The minimum absolute atomic E-state index is 0.198. The van der Waals surface area contributed by atoms with Crippen LogP contribution in [0, 0.1) is 0 Å². The Morgan fingerprint density at radius 3 is 3.09 bits per heavy atom. The predicted molar refractivity (Wildman–Crippen MR) is 90.2 cm³/mol. The number of aromatic nitrogens is 2. The summed E-state index contributed by atoms with van der Waals surface area (Å²) in [7, 11) is 0. The summed E-state index contributed by atoms with van der Waals surface area (Å²) in [6, 6.07) is 4.02. The second-order valence-corrected chi connectivity index (χ2v) is 6.79. The van der Waals surface area contributed by atoms with Crippen molar-refractivity contribution in [3.8, 4) is 0 Å². The van der Waals surface area contributed by atoms with Gasteiger partial charge in [0, 0.05) is 19.5 Å². The van der Waals surface area contributed by atoms with Crippen LogP contribution in [0.25, 0.3) is 0 Å². The Hall–Kier alpha value is -1.66. The van der Waals surface area contributed by atoms with Crippen molar-refractivity contribution in [3.63, 3.8) is 0 Å². The highest BCUT2D eigenvalue weighted by Gasteiger charge is 2.21. The molecule has 0 unspecified atom stereocenters. The smallest absolute Gasteiger partial charge is 0.223 e. The van der Waals surface area contributed by atoms with E-state index in [4.69, 9.17) is 0 Å². The molecule has 1 N–H and O–H groups in total. The molecule has 0 spiro atoms. The normalized spacial score (nSPS) is 16.0. The molecule has 6 heteroatoms. The van der Waals surface area contributed by atoms with E-state index in [2.05, 4.69) is 16.5 Å². The molecular weight excluding hydrogens is 310 g/mol. The first-order valence-electron chi connectivity index (χ1n) is 8.21. The molecule has 23 heavy (non-hydrogen) atoms. The fraction of sp³-hybridized carbons (Fsp3) is 0.529. The Labute approximate surface area is 140 Å². The third-order valence-electron chi connectivity index (χ3n) is 4.32. The SMILES string of the molecule is CC[C@H](O)c1cc2n(n1)CCCN(C(=O)CCc1ccsc1)C2. The fourth-order valence-electron chi connectivity index (χ4n) is 2.91. The standard InChI is InChI=1S/C17H23N3O2S/c1-2-16(21)15-10-14-11-19(7-3-8-20(14)18-15)17(22)5-4-13-6-9-23-12-13/h6,9-10,12,16,21H,2-5,7-8,11H2,1H3/t16-/m0/s1. The molecule has 0 saturated carbocycles. The monoisotopic (exact) mass is 333 g/mol. The molecule has 3 rings (SSSR count). The summed E-state index contributed by atoms with van der Waals surface area (Å²) in [5, 5.41) is 18.6. The number of carbonyl (C=O) groups is 1. The minimum Gasteiger partial charge on any atom is -0.387 e. The maximum absolute atomic E-state index is 12.5. The molecule has 0 radical (unpaired) electrons.